The third-order valence-corrected chi connectivity index (χ3v) is 2.80. The summed E-state index contributed by atoms with van der Waals surface area (Å²) >= 11 is 0. The maximum atomic E-state index is 4.42. The molecule has 0 saturated carbocycles. The molecule has 0 spiro atoms. The number of nitrogens with zero attached hydrogens (tertiary/aromatic N) is 2. The van der Waals surface area contributed by atoms with E-state index in [9.17, 15) is 0 Å². The van der Waals surface area contributed by atoms with Crippen LogP contribution in [0.25, 0.3) is 0 Å². The first-order chi connectivity index (χ1) is 5.79. The minimum absolute atomic E-state index is 0.689. The van der Waals surface area contributed by atoms with Crippen LogP contribution < -0.4 is 0 Å². The zero-order valence-corrected chi connectivity index (χ0v) is 7.83. The molecule has 2 nitrogen and oxygen atoms in total. The van der Waals surface area contributed by atoms with E-state index in [2.05, 4.69) is 29.6 Å². The fourth-order valence-electron chi connectivity index (χ4n) is 2.08. The summed E-state index contributed by atoms with van der Waals surface area (Å²) in [5, 5.41) is 0. The fourth-order valence-corrected chi connectivity index (χ4v) is 2.08. The first-order valence-electron chi connectivity index (χ1n) is 4.80. The number of imidazole rings is 1. The third-order valence-electron chi connectivity index (χ3n) is 2.80. The minimum atomic E-state index is 0.689. The Morgan fingerprint density at radius 3 is 3.17 bits per heavy atom. The van der Waals surface area contributed by atoms with Gasteiger partial charge < -0.3 is 4.57 Å². The van der Waals surface area contributed by atoms with Crippen molar-refractivity contribution in [3.63, 3.8) is 0 Å². The molecule has 1 aliphatic heterocycles. The van der Waals surface area contributed by atoms with E-state index in [1.54, 1.807) is 0 Å². The summed E-state index contributed by atoms with van der Waals surface area (Å²) in [4.78, 5) is 4.42. The Morgan fingerprint density at radius 2 is 2.42 bits per heavy atom. The highest BCUT2D eigenvalue weighted by atomic mass is 15.1. The number of aryl methyl sites for hydroxylation is 1. The Bertz CT molecular complexity index is 263. The summed E-state index contributed by atoms with van der Waals surface area (Å²) in [7, 11) is 0. The molecule has 0 amide bonds. The first-order valence-corrected chi connectivity index (χ1v) is 4.80. The Morgan fingerprint density at radius 1 is 1.58 bits per heavy atom. The molecule has 1 aliphatic rings. The lowest BCUT2D eigenvalue weighted by molar-refractivity contribution is 0.368. The Labute approximate surface area is 73.6 Å². The largest absolute Gasteiger partial charge is 0.335 e. The zero-order valence-electron chi connectivity index (χ0n) is 7.83. The lowest BCUT2D eigenvalue weighted by atomic mass is 9.88. The summed E-state index contributed by atoms with van der Waals surface area (Å²) in [6.07, 6.45) is 6.65. The molecule has 1 atom stereocenters. The number of hydrogen-bond donors (Lipinski definition) is 0. The summed E-state index contributed by atoms with van der Waals surface area (Å²) in [6.45, 7) is 5.74. The van der Waals surface area contributed by atoms with Gasteiger partial charge in [-0.1, -0.05) is 13.8 Å². The fraction of sp³-hybridized carbons (Fsp3) is 0.700. The normalized spacial score (nSPS) is 22.8. The van der Waals surface area contributed by atoms with Crippen molar-refractivity contribution in [2.75, 3.05) is 0 Å². The van der Waals surface area contributed by atoms with Crippen LogP contribution in [-0.2, 0) is 6.54 Å². The van der Waals surface area contributed by atoms with Crippen molar-refractivity contribution in [1.82, 2.24) is 9.55 Å². The topological polar surface area (TPSA) is 17.8 Å². The van der Waals surface area contributed by atoms with Crippen molar-refractivity contribution < 1.29 is 0 Å². The lowest BCUT2D eigenvalue weighted by Crippen LogP contribution is -2.19. The predicted molar refractivity (Wildman–Crippen MR) is 49.0 cm³/mol. The van der Waals surface area contributed by atoms with Crippen molar-refractivity contribution in [3.05, 3.63) is 18.2 Å². The monoisotopic (exact) mass is 164 g/mol. The van der Waals surface area contributed by atoms with E-state index in [-0.39, 0.29) is 0 Å². The summed E-state index contributed by atoms with van der Waals surface area (Å²) in [6, 6.07) is 0. The van der Waals surface area contributed by atoms with Crippen molar-refractivity contribution in [2.24, 2.45) is 5.92 Å². The van der Waals surface area contributed by atoms with Crippen LogP contribution in [0, 0.1) is 5.92 Å². The van der Waals surface area contributed by atoms with Gasteiger partial charge in [-0.25, -0.2) is 4.98 Å². The lowest BCUT2D eigenvalue weighted by Gasteiger charge is -2.26. The second-order valence-corrected chi connectivity index (χ2v) is 3.97. The summed E-state index contributed by atoms with van der Waals surface area (Å²) in [5.41, 5.74) is 0. The molecule has 2 heterocycles. The van der Waals surface area contributed by atoms with Gasteiger partial charge in [0.2, 0.25) is 0 Å². The first kappa shape index (κ1) is 7.84. The van der Waals surface area contributed by atoms with E-state index in [4.69, 9.17) is 0 Å². The smallest absolute Gasteiger partial charge is 0.112 e. The molecule has 1 aromatic heterocycles. The molecule has 2 heteroatoms. The summed E-state index contributed by atoms with van der Waals surface area (Å²) in [5.74, 6) is 2.72. The molecular formula is C10H16N2. The van der Waals surface area contributed by atoms with Gasteiger partial charge in [0, 0.05) is 24.9 Å². The van der Waals surface area contributed by atoms with E-state index in [0.29, 0.717) is 5.92 Å². The second kappa shape index (κ2) is 2.92. The Kier molecular flexibility index (Phi) is 1.91. The number of hydrogen-bond acceptors (Lipinski definition) is 1. The van der Waals surface area contributed by atoms with E-state index < -0.39 is 0 Å². The van der Waals surface area contributed by atoms with Crippen LogP contribution in [0.4, 0.5) is 0 Å². The van der Waals surface area contributed by atoms with E-state index >= 15 is 0 Å². The van der Waals surface area contributed by atoms with Gasteiger partial charge in [0.1, 0.15) is 5.82 Å². The van der Waals surface area contributed by atoms with Crippen LogP contribution in [0.2, 0.25) is 0 Å². The Balaban J connectivity index is 2.31. The molecule has 1 unspecified atom stereocenters. The average Bonchev–Trinajstić information content (AvgIpc) is 2.49. The number of rotatable bonds is 1. The number of aromatic nitrogens is 2. The molecule has 2 rings (SSSR count). The standard InChI is InChI=1S/C10H16N2/c1-8(2)9-4-3-6-12-7-5-11-10(9)12/h5,7-9H,3-4,6H2,1-2H3. The molecule has 0 bridgehead atoms. The molecule has 0 fully saturated rings. The van der Waals surface area contributed by atoms with Crippen LogP contribution in [0.5, 0.6) is 0 Å². The van der Waals surface area contributed by atoms with Crippen molar-refractivity contribution in [3.8, 4) is 0 Å². The van der Waals surface area contributed by atoms with Gasteiger partial charge in [-0.3, -0.25) is 0 Å². The highest BCUT2D eigenvalue weighted by Crippen LogP contribution is 2.31. The van der Waals surface area contributed by atoms with Crippen LogP contribution >= 0.6 is 0 Å². The minimum Gasteiger partial charge on any atom is -0.335 e. The SMILES string of the molecule is CC(C)C1CCCn2ccnc21. The highest BCUT2D eigenvalue weighted by Gasteiger charge is 2.23. The quantitative estimate of drug-likeness (QED) is 0.623. The molecule has 12 heavy (non-hydrogen) atoms. The molecule has 0 saturated heterocycles. The van der Waals surface area contributed by atoms with E-state index in [0.717, 1.165) is 5.92 Å². The highest BCUT2D eigenvalue weighted by molar-refractivity contribution is 5.04. The maximum Gasteiger partial charge on any atom is 0.112 e. The molecule has 1 aromatic rings. The van der Waals surface area contributed by atoms with Gasteiger partial charge in [-0.05, 0) is 18.8 Å². The van der Waals surface area contributed by atoms with Gasteiger partial charge in [0.25, 0.3) is 0 Å². The van der Waals surface area contributed by atoms with Crippen LogP contribution in [0.1, 0.15) is 38.4 Å². The molecule has 0 aliphatic carbocycles. The Hall–Kier alpha value is -0.790. The molecule has 0 N–H and O–H groups in total. The van der Waals surface area contributed by atoms with Crippen molar-refractivity contribution in [2.45, 2.75) is 39.2 Å². The second-order valence-electron chi connectivity index (χ2n) is 3.97. The van der Waals surface area contributed by atoms with Gasteiger partial charge >= 0.3 is 0 Å². The van der Waals surface area contributed by atoms with Crippen LogP contribution in [0.3, 0.4) is 0 Å². The van der Waals surface area contributed by atoms with Gasteiger partial charge in [-0.15, -0.1) is 0 Å². The molecule has 0 aromatic carbocycles. The van der Waals surface area contributed by atoms with E-state index in [1.807, 2.05) is 6.20 Å². The predicted octanol–water partition coefficient (Wildman–Crippen LogP) is 2.42. The molecule has 0 radical (unpaired) electrons. The molecule has 66 valence electrons. The van der Waals surface area contributed by atoms with Crippen LogP contribution in [-0.4, -0.2) is 9.55 Å². The van der Waals surface area contributed by atoms with Gasteiger partial charge in [0.05, 0.1) is 0 Å². The zero-order chi connectivity index (χ0) is 8.55. The van der Waals surface area contributed by atoms with Crippen molar-refractivity contribution >= 4 is 0 Å². The van der Waals surface area contributed by atoms with E-state index in [1.165, 1.54) is 25.2 Å². The van der Waals surface area contributed by atoms with Gasteiger partial charge in [0.15, 0.2) is 0 Å². The van der Waals surface area contributed by atoms with Crippen molar-refractivity contribution in [1.29, 1.82) is 0 Å². The van der Waals surface area contributed by atoms with Gasteiger partial charge in [-0.2, -0.15) is 0 Å². The third kappa shape index (κ3) is 1.15. The maximum absolute atomic E-state index is 4.42. The summed E-state index contributed by atoms with van der Waals surface area (Å²) < 4.78 is 2.30. The molecular weight excluding hydrogens is 148 g/mol. The number of fused-ring (bicyclic) bond motifs is 1. The average molecular weight is 164 g/mol. The van der Waals surface area contributed by atoms with Crippen LogP contribution in [0.15, 0.2) is 12.4 Å².